The summed E-state index contributed by atoms with van der Waals surface area (Å²) in [4.78, 5) is 15.7. The van der Waals surface area contributed by atoms with Gasteiger partial charge in [0.2, 0.25) is 0 Å². The summed E-state index contributed by atoms with van der Waals surface area (Å²) in [5, 5.41) is 21.4. The quantitative estimate of drug-likeness (QED) is 0.870. The zero-order valence-electron chi connectivity index (χ0n) is 10.9. The SMILES string of the molecule is CC1CCCC(Nc2cc(C#N)ccn2)(C(=O)O)C1. The molecule has 1 aromatic rings. The third-order valence-corrected chi connectivity index (χ3v) is 3.66. The van der Waals surface area contributed by atoms with Gasteiger partial charge in [-0.3, -0.25) is 0 Å². The van der Waals surface area contributed by atoms with Crippen LogP contribution in [0.3, 0.4) is 0 Å². The van der Waals surface area contributed by atoms with Crippen LogP contribution in [-0.2, 0) is 4.79 Å². The van der Waals surface area contributed by atoms with E-state index in [1.54, 1.807) is 12.1 Å². The van der Waals surface area contributed by atoms with E-state index in [4.69, 9.17) is 5.26 Å². The van der Waals surface area contributed by atoms with Crippen molar-refractivity contribution in [3.63, 3.8) is 0 Å². The molecule has 2 atom stereocenters. The number of aliphatic carboxylic acids is 1. The van der Waals surface area contributed by atoms with Crippen molar-refractivity contribution in [2.24, 2.45) is 5.92 Å². The number of nitrogens with zero attached hydrogens (tertiary/aromatic N) is 2. The normalized spacial score (nSPS) is 26.4. The maximum absolute atomic E-state index is 11.6. The van der Waals surface area contributed by atoms with Crippen LogP contribution in [0.25, 0.3) is 0 Å². The van der Waals surface area contributed by atoms with Crippen LogP contribution >= 0.6 is 0 Å². The van der Waals surface area contributed by atoms with E-state index in [0.717, 1.165) is 12.8 Å². The molecule has 0 amide bonds. The van der Waals surface area contributed by atoms with E-state index in [9.17, 15) is 9.90 Å². The average Bonchev–Trinajstić information content (AvgIpc) is 2.38. The van der Waals surface area contributed by atoms with Crippen LogP contribution in [0.2, 0.25) is 0 Å². The summed E-state index contributed by atoms with van der Waals surface area (Å²) in [6, 6.07) is 5.21. The van der Waals surface area contributed by atoms with Gasteiger partial charge in [-0.25, -0.2) is 9.78 Å². The van der Waals surface area contributed by atoms with Crippen LogP contribution in [0.5, 0.6) is 0 Å². The van der Waals surface area contributed by atoms with Gasteiger partial charge in [-0.05, 0) is 30.9 Å². The number of aromatic nitrogens is 1. The third-order valence-electron chi connectivity index (χ3n) is 3.66. The second-order valence-corrected chi connectivity index (χ2v) is 5.26. The van der Waals surface area contributed by atoms with Crippen LogP contribution < -0.4 is 5.32 Å². The Bertz CT molecular complexity index is 524. The highest BCUT2D eigenvalue weighted by Crippen LogP contribution is 2.35. The molecule has 0 aliphatic heterocycles. The minimum Gasteiger partial charge on any atom is -0.480 e. The largest absolute Gasteiger partial charge is 0.480 e. The lowest BCUT2D eigenvalue weighted by molar-refractivity contribution is -0.144. The fourth-order valence-electron chi connectivity index (χ4n) is 2.73. The fraction of sp³-hybridized carbons (Fsp3) is 0.500. The van der Waals surface area contributed by atoms with Gasteiger partial charge in [0.1, 0.15) is 11.4 Å². The lowest BCUT2D eigenvalue weighted by atomic mass is 9.76. The van der Waals surface area contributed by atoms with Crippen molar-refractivity contribution in [3.8, 4) is 6.07 Å². The van der Waals surface area contributed by atoms with Gasteiger partial charge in [0.25, 0.3) is 0 Å². The molecule has 2 unspecified atom stereocenters. The molecule has 0 saturated heterocycles. The zero-order chi connectivity index (χ0) is 13.9. The molecule has 1 aliphatic rings. The van der Waals surface area contributed by atoms with E-state index in [2.05, 4.69) is 17.2 Å². The number of anilines is 1. The number of nitriles is 1. The Morgan fingerprint density at radius 2 is 2.47 bits per heavy atom. The average molecular weight is 259 g/mol. The highest BCUT2D eigenvalue weighted by Gasteiger charge is 2.42. The number of carboxylic acids is 1. The Morgan fingerprint density at radius 3 is 3.11 bits per heavy atom. The summed E-state index contributed by atoms with van der Waals surface area (Å²) < 4.78 is 0. The van der Waals surface area contributed by atoms with Crippen molar-refractivity contribution in [2.75, 3.05) is 5.32 Å². The third kappa shape index (κ3) is 2.84. The molecule has 1 saturated carbocycles. The number of pyridine rings is 1. The van der Waals surface area contributed by atoms with Crippen LogP contribution in [0.1, 0.15) is 38.2 Å². The molecule has 0 bridgehead atoms. The minimum absolute atomic E-state index is 0.372. The molecule has 1 aliphatic carbocycles. The number of carbonyl (C=O) groups is 1. The van der Waals surface area contributed by atoms with Crippen LogP contribution in [-0.4, -0.2) is 21.6 Å². The molecule has 1 aromatic heterocycles. The first-order chi connectivity index (χ1) is 9.05. The summed E-state index contributed by atoms with van der Waals surface area (Å²) in [5.74, 6) is -0.0183. The summed E-state index contributed by atoms with van der Waals surface area (Å²) in [6.45, 7) is 2.07. The Hall–Kier alpha value is -2.09. The number of hydrogen-bond acceptors (Lipinski definition) is 4. The predicted octanol–water partition coefficient (Wildman–Crippen LogP) is 2.40. The lowest BCUT2D eigenvalue weighted by Gasteiger charge is -2.37. The second-order valence-electron chi connectivity index (χ2n) is 5.26. The predicted molar refractivity (Wildman–Crippen MR) is 70.6 cm³/mol. The van der Waals surface area contributed by atoms with Crippen molar-refractivity contribution < 1.29 is 9.90 Å². The van der Waals surface area contributed by atoms with E-state index < -0.39 is 11.5 Å². The summed E-state index contributed by atoms with van der Waals surface area (Å²) in [7, 11) is 0. The van der Waals surface area contributed by atoms with E-state index in [0.29, 0.717) is 30.1 Å². The minimum atomic E-state index is -0.960. The molecule has 19 heavy (non-hydrogen) atoms. The summed E-state index contributed by atoms with van der Waals surface area (Å²) >= 11 is 0. The molecule has 1 heterocycles. The molecule has 0 radical (unpaired) electrons. The maximum atomic E-state index is 11.6. The fourth-order valence-corrected chi connectivity index (χ4v) is 2.73. The van der Waals surface area contributed by atoms with E-state index in [-0.39, 0.29) is 0 Å². The van der Waals surface area contributed by atoms with Crippen LogP contribution in [0, 0.1) is 17.2 Å². The maximum Gasteiger partial charge on any atom is 0.329 e. The monoisotopic (exact) mass is 259 g/mol. The molecule has 0 spiro atoms. The number of rotatable bonds is 3. The highest BCUT2D eigenvalue weighted by atomic mass is 16.4. The van der Waals surface area contributed by atoms with E-state index in [1.807, 2.05) is 6.07 Å². The van der Waals surface area contributed by atoms with Gasteiger partial charge in [0.05, 0.1) is 11.6 Å². The first-order valence-corrected chi connectivity index (χ1v) is 6.43. The Labute approximate surface area is 112 Å². The Kier molecular flexibility index (Phi) is 3.70. The van der Waals surface area contributed by atoms with Crippen molar-refractivity contribution >= 4 is 11.8 Å². The number of hydrogen-bond donors (Lipinski definition) is 2. The topological polar surface area (TPSA) is 86.0 Å². The van der Waals surface area contributed by atoms with E-state index in [1.165, 1.54) is 6.20 Å². The van der Waals surface area contributed by atoms with Gasteiger partial charge in [-0.1, -0.05) is 19.8 Å². The molecule has 1 fully saturated rings. The molecule has 0 aromatic carbocycles. The van der Waals surface area contributed by atoms with Crippen molar-refractivity contribution in [3.05, 3.63) is 23.9 Å². The highest BCUT2D eigenvalue weighted by molar-refractivity contribution is 5.82. The van der Waals surface area contributed by atoms with Gasteiger partial charge < -0.3 is 10.4 Å². The van der Waals surface area contributed by atoms with Gasteiger partial charge >= 0.3 is 5.97 Å². The van der Waals surface area contributed by atoms with E-state index >= 15 is 0 Å². The van der Waals surface area contributed by atoms with Gasteiger partial charge in [-0.15, -0.1) is 0 Å². The standard InChI is InChI=1S/C14H17N3O2/c1-10-3-2-5-14(8-10,13(18)19)17-12-7-11(9-15)4-6-16-12/h4,6-7,10H,2-3,5,8H2,1H3,(H,16,17)(H,18,19). The van der Waals surface area contributed by atoms with Crippen molar-refractivity contribution in [1.82, 2.24) is 4.98 Å². The van der Waals surface area contributed by atoms with Gasteiger partial charge in [-0.2, -0.15) is 5.26 Å². The first-order valence-electron chi connectivity index (χ1n) is 6.43. The lowest BCUT2D eigenvalue weighted by Crippen LogP contribution is -2.49. The summed E-state index contributed by atoms with van der Waals surface area (Å²) in [5.41, 5.74) is -0.486. The molecule has 5 nitrogen and oxygen atoms in total. The Morgan fingerprint density at radius 1 is 1.68 bits per heavy atom. The van der Waals surface area contributed by atoms with Crippen molar-refractivity contribution in [1.29, 1.82) is 5.26 Å². The molecular weight excluding hydrogens is 242 g/mol. The van der Waals surface area contributed by atoms with Gasteiger partial charge in [0, 0.05) is 6.20 Å². The van der Waals surface area contributed by atoms with Crippen LogP contribution in [0.15, 0.2) is 18.3 Å². The molecular formula is C14H17N3O2. The summed E-state index contributed by atoms with van der Waals surface area (Å²) in [6.07, 6.45) is 4.63. The Balaban J connectivity index is 2.26. The smallest absolute Gasteiger partial charge is 0.329 e. The van der Waals surface area contributed by atoms with Crippen LogP contribution in [0.4, 0.5) is 5.82 Å². The molecule has 100 valence electrons. The molecule has 2 rings (SSSR count). The molecule has 5 heteroatoms. The number of nitrogens with one attached hydrogen (secondary N) is 1. The second kappa shape index (κ2) is 5.27. The first kappa shape index (κ1) is 13.3. The van der Waals surface area contributed by atoms with Gasteiger partial charge in [0.15, 0.2) is 0 Å². The van der Waals surface area contributed by atoms with Crippen molar-refractivity contribution in [2.45, 2.75) is 38.1 Å². The zero-order valence-corrected chi connectivity index (χ0v) is 10.9. The number of carboxylic acid groups (broad SMARTS) is 1. The molecule has 2 N–H and O–H groups in total.